The van der Waals surface area contributed by atoms with Gasteiger partial charge in [-0.05, 0) is 18.9 Å². The lowest BCUT2D eigenvalue weighted by atomic mass is 10.1. The summed E-state index contributed by atoms with van der Waals surface area (Å²) in [5.41, 5.74) is 2.60. The van der Waals surface area contributed by atoms with Gasteiger partial charge in [-0.25, -0.2) is 0 Å². The second-order valence-electron chi connectivity index (χ2n) is 6.44. The Morgan fingerprint density at radius 3 is 3.00 bits per heavy atom. The Bertz CT molecular complexity index is 912. The van der Waals surface area contributed by atoms with Crippen LogP contribution in [0.1, 0.15) is 40.6 Å². The topological polar surface area (TPSA) is 60.5 Å². The first-order valence-corrected chi connectivity index (χ1v) is 8.48. The number of benzene rings is 1. The summed E-state index contributed by atoms with van der Waals surface area (Å²) >= 11 is 0. The largest absolute Gasteiger partial charge is 0.451 e. The smallest absolute Gasteiger partial charge is 0.290 e. The minimum Gasteiger partial charge on any atom is -0.451 e. The monoisotopic (exact) mass is 339 g/mol. The van der Waals surface area contributed by atoms with Crippen molar-refractivity contribution in [2.75, 3.05) is 13.7 Å². The first-order valence-electron chi connectivity index (χ1n) is 8.48. The fraction of sp³-hybridized carbons (Fsp3) is 0.368. The summed E-state index contributed by atoms with van der Waals surface area (Å²) < 4.78 is 13.0. The molecule has 0 radical (unpaired) electrons. The van der Waals surface area contributed by atoms with Gasteiger partial charge in [-0.3, -0.25) is 9.48 Å². The number of fused-ring (bicyclic) bond motifs is 1. The third kappa shape index (κ3) is 2.72. The van der Waals surface area contributed by atoms with E-state index in [2.05, 4.69) is 5.10 Å². The van der Waals surface area contributed by atoms with Gasteiger partial charge in [0.05, 0.1) is 18.8 Å². The zero-order valence-corrected chi connectivity index (χ0v) is 14.4. The number of carbonyl (C=O) groups excluding carboxylic acids is 1. The lowest BCUT2D eigenvalue weighted by Crippen LogP contribution is -2.30. The van der Waals surface area contributed by atoms with Crippen molar-refractivity contribution in [1.82, 2.24) is 14.7 Å². The summed E-state index contributed by atoms with van der Waals surface area (Å²) in [7, 11) is 3.52. The third-order valence-electron chi connectivity index (χ3n) is 4.80. The third-order valence-corrected chi connectivity index (χ3v) is 4.80. The van der Waals surface area contributed by atoms with Gasteiger partial charge in [-0.2, -0.15) is 5.10 Å². The number of furan rings is 1. The Labute approximate surface area is 146 Å². The Balaban J connectivity index is 1.72. The van der Waals surface area contributed by atoms with Crippen molar-refractivity contribution in [1.29, 1.82) is 0 Å². The SMILES string of the molecule is COCc1c(C(=O)N2CCC[C@@H]2c2cnn(C)c2)oc2ccccc12. The molecule has 1 saturated heterocycles. The molecule has 3 aromatic rings. The first-order chi connectivity index (χ1) is 12.2. The molecule has 1 atom stereocenters. The van der Waals surface area contributed by atoms with Gasteiger partial charge >= 0.3 is 0 Å². The Kier molecular flexibility index (Phi) is 4.05. The van der Waals surface area contributed by atoms with Crippen LogP contribution in [0, 0.1) is 0 Å². The molecule has 6 heteroatoms. The van der Waals surface area contributed by atoms with Gasteiger partial charge in [0, 0.05) is 43.4 Å². The molecule has 130 valence electrons. The molecule has 1 amide bonds. The molecule has 0 unspecified atom stereocenters. The fourth-order valence-corrected chi connectivity index (χ4v) is 3.66. The standard InChI is InChI=1S/C19H21N3O3/c1-21-11-13(10-20-21)16-7-5-9-22(16)19(23)18-15(12-24-2)14-6-3-4-8-17(14)25-18/h3-4,6,8,10-11,16H,5,7,9,12H2,1-2H3/t16-/m1/s1. The molecule has 1 fully saturated rings. The van der Waals surface area contributed by atoms with Gasteiger partial charge in [0.25, 0.3) is 5.91 Å². The van der Waals surface area contributed by atoms with Crippen LogP contribution < -0.4 is 0 Å². The highest BCUT2D eigenvalue weighted by Crippen LogP contribution is 2.35. The molecule has 1 aliphatic rings. The van der Waals surface area contributed by atoms with E-state index >= 15 is 0 Å². The maximum Gasteiger partial charge on any atom is 0.290 e. The van der Waals surface area contributed by atoms with E-state index < -0.39 is 0 Å². The average molecular weight is 339 g/mol. The summed E-state index contributed by atoms with van der Waals surface area (Å²) in [5.74, 6) is 0.313. The number of amides is 1. The molecule has 1 aromatic carbocycles. The van der Waals surface area contributed by atoms with E-state index in [-0.39, 0.29) is 11.9 Å². The number of methoxy groups -OCH3 is 1. The number of hydrogen-bond donors (Lipinski definition) is 0. The van der Waals surface area contributed by atoms with Gasteiger partial charge in [0.1, 0.15) is 5.58 Å². The van der Waals surface area contributed by atoms with Crippen LogP contribution in [0.3, 0.4) is 0 Å². The normalized spacial score (nSPS) is 17.5. The van der Waals surface area contributed by atoms with Crippen molar-refractivity contribution in [2.45, 2.75) is 25.5 Å². The molecular weight excluding hydrogens is 318 g/mol. The highest BCUT2D eigenvalue weighted by molar-refractivity contribution is 5.99. The number of carbonyl (C=O) groups is 1. The molecule has 4 rings (SSSR count). The molecule has 0 bridgehead atoms. The maximum absolute atomic E-state index is 13.3. The minimum absolute atomic E-state index is 0.0461. The van der Waals surface area contributed by atoms with Crippen molar-refractivity contribution in [3.8, 4) is 0 Å². The minimum atomic E-state index is -0.0744. The second kappa shape index (κ2) is 6.37. The summed E-state index contributed by atoms with van der Waals surface area (Å²) in [6.45, 7) is 1.07. The molecule has 2 aromatic heterocycles. The van der Waals surface area contributed by atoms with E-state index in [1.165, 1.54) is 0 Å². The van der Waals surface area contributed by atoms with Gasteiger partial charge in [-0.15, -0.1) is 0 Å². The van der Waals surface area contributed by atoms with Crippen LogP contribution in [0.4, 0.5) is 0 Å². The number of nitrogens with zero attached hydrogens (tertiary/aromatic N) is 3. The molecule has 3 heterocycles. The molecule has 25 heavy (non-hydrogen) atoms. The summed E-state index contributed by atoms with van der Waals surface area (Å²) in [4.78, 5) is 15.1. The number of ether oxygens (including phenoxy) is 1. The Hall–Kier alpha value is -2.60. The van der Waals surface area contributed by atoms with E-state index in [0.717, 1.165) is 41.5 Å². The summed E-state index contributed by atoms with van der Waals surface area (Å²) in [5, 5.41) is 5.18. The quantitative estimate of drug-likeness (QED) is 0.732. The van der Waals surface area contributed by atoms with Gasteiger partial charge in [0.2, 0.25) is 0 Å². The van der Waals surface area contributed by atoms with E-state index in [0.29, 0.717) is 12.4 Å². The first kappa shape index (κ1) is 15.9. The second-order valence-corrected chi connectivity index (χ2v) is 6.44. The predicted molar refractivity (Wildman–Crippen MR) is 93.1 cm³/mol. The molecule has 0 N–H and O–H groups in total. The van der Waals surface area contributed by atoms with Crippen molar-refractivity contribution < 1.29 is 13.9 Å². The molecule has 6 nitrogen and oxygen atoms in total. The van der Waals surface area contributed by atoms with Crippen molar-refractivity contribution >= 4 is 16.9 Å². The van der Waals surface area contributed by atoms with Crippen LogP contribution >= 0.6 is 0 Å². The number of hydrogen-bond acceptors (Lipinski definition) is 4. The fourth-order valence-electron chi connectivity index (χ4n) is 3.66. The lowest BCUT2D eigenvalue weighted by Gasteiger charge is -2.23. The number of para-hydroxylation sites is 1. The van der Waals surface area contributed by atoms with Crippen LogP contribution in [0.2, 0.25) is 0 Å². The van der Waals surface area contributed by atoms with Crippen LogP contribution in [0.25, 0.3) is 11.0 Å². The van der Waals surface area contributed by atoms with Gasteiger partial charge < -0.3 is 14.1 Å². The molecule has 1 aliphatic heterocycles. The predicted octanol–water partition coefficient (Wildman–Crippen LogP) is 3.29. The zero-order chi connectivity index (χ0) is 17.4. The molecule has 0 aliphatic carbocycles. The van der Waals surface area contributed by atoms with Gasteiger partial charge in [-0.1, -0.05) is 18.2 Å². The number of likely N-dealkylation sites (tertiary alicyclic amines) is 1. The number of aryl methyl sites for hydroxylation is 1. The Morgan fingerprint density at radius 2 is 2.24 bits per heavy atom. The zero-order valence-electron chi connectivity index (χ0n) is 14.4. The van der Waals surface area contributed by atoms with Crippen LogP contribution in [0.5, 0.6) is 0 Å². The highest BCUT2D eigenvalue weighted by Gasteiger charge is 2.34. The highest BCUT2D eigenvalue weighted by atomic mass is 16.5. The van der Waals surface area contributed by atoms with Gasteiger partial charge in [0.15, 0.2) is 5.76 Å². The van der Waals surface area contributed by atoms with Crippen LogP contribution in [-0.2, 0) is 18.4 Å². The van der Waals surface area contributed by atoms with Crippen molar-refractivity contribution in [3.63, 3.8) is 0 Å². The van der Waals surface area contributed by atoms with Crippen molar-refractivity contribution in [3.05, 3.63) is 53.5 Å². The molecule has 0 spiro atoms. The van der Waals surface area contributed by atoms with E-state index in [9.17, 15) is 4.79 Å². The van der Waals surface area contributed by atoms with E-state index in [4.69, 9.17) is 9.15 Å². The average Bonchev–Trinajstić information content (AvgIpc) is 3.33. The molecular formula is C19H21N3O3. The van der Waals surface area contributed by atoms with E-state index in [1.807, 2.05) is 48.6 Å². The number of rotatable bonds is 4. The summed E-state index contributed by atoms with van der Waals surface area (Å²) in [6, 6.07) is 7.75. The number of aromatic nitrogens is 2. The summed E-state index contributed by atoms with van der Waals surface area (Å²) in [6.07, 6.45) is 5.73. The lowest BCUT2D eigenvalue weighted by molar-refractivity contribution is 0.0699. The molecule has 0 saturated carbocycles. The van der Waals surface area contributed by atoms with Crippen LogP contribution in [0.15, 0.2) is 41.1 Å². The van der Waals surface area contributed by atoms with E-state index in [1.54, 1.807) is 11.8 Å². The van der Waals surface area contributed by atoms with Crippen molar-refractivity contribution in [2.24, 2.45) is 7.05 Å². The maximum atomic E-state index is 13.3. The Morgan fingerprint density at radius 1 is 1.40 bits per heavy atom. The van der Waals surface area contributed by atoms with Crippen LogP contribution in [-0.4, -0.2) is 34.2 Å².